The molecule has 0 aliphatic carbocycles. The predicted molar refractivity (Wildman–Crippen MR) is 110 cm³/mol. The van der Waals surface area contributed by atoms with Crippen LogP contribution in [0.4, 0.5) is 11.5 Å². The number of carbonyl (C=O) groups is 1. The molecule has 29 heavy (non-hydrogen) atoms. The first-order chi connectivity index (χ1) is 14.0. The van der Waals surface area contributed by atoms with E-state index in [0.717, 1.165) is 38.1 Å². The number of anilines is 1. The topological polar surface area (TPSA) is 101 Å². The predicted octanol–water partition coefficient (Wildman–Crippen LogP) is 2.20. The number of ether oxygens (including phenoxy) is 1. The van der Waals surface area contributed by atoms with E-state index in [4.69, 9.17) is 16.3 Å². The molecule has 2 aromatic rings. The minimum atomic E-state index is -0.614. The highest BCUT2D eigenvalue weighted by Crippen LogP contribution is 2.32. The molecule has 3 rings (SSSR count). The lowest BCUT2D eigenvalue weighted by Gasteiger charge is -2.35. The van der Waals surface area contributed by atoms with Gasteiger partial charge in [0.15, 0.2) is 0 Å². The van der Waals surface area contributed by atoms with Gasteiger partial charge in [-0.15, -0.1) is 0 Å². The largest absolute Gasteiger partial charge is 0.496 e. The van der Waals surface area contributed by atoms with Crippen LogP contribution in [0.2, 0.25) is 5.02 Å². The van der Waals surface area contributed by atoms with Gasteiger partial charge in [0.05, 0.1) is 23.7 Å². The highest BCUT2D eigenvalue weighted by molar-refractivity contribution is 6.33. The van der Waals surface area contributed by atoms with Gasteiger partial charge >= 0.3 is 0 Å². The number of methoxy groups -OCH3 is 1. The van der Waals surface area contributed by atoms with Crippen molar-refractivity contribution in [2.75, 3.05) is 51.3 Å². The Morgan fingerprint density at radius 2 is 2.07 bits per heavy atom. The maximum Gasteiger partial charge on any atom is 0.291 e. The summed E-state index contributed by atoms with van der Waals surface area (Å²) in [7, 11) is 1.35. The molecular weight excluding hydrogens is 398 g/mol. The zero-order valence-corrected chi connectivity index (χ0v) is 16.8. The van der Waals surface area contributed by atoms with Crippen LogP contribution >= 0.6 is 11.6 Å². The van der Waals surface area contributed by atoms with Gasteiger partial charge in [-0.25, -0.2) is 4.98 Å². The standard InChI is InChI=1S/C19H22ClN5O4/c1-29-17-13-16(25(27)28)15(20)12-14(17)19(26)22-6-7-23-8-10-24(11-9-23)18-4-2-3-5-21-18/h2-5,12-13H,6-11H2,1H3,(H,22,26). The van der Waals surface area contributed by atoms with Gasteiger partial charge in [-0.1, -0.05) is 17.7 Å². The molecule has 154 valence electrons. The van der Waals surface area contributed by atoms with Gasteiger partial charge < -0.3 is 15.0 Å². The summed E-state index contributed by atoms with van der Waals surface area (Å²) in [5.41, 5.74) is -0.131. The van der Waals surface area contributed by atoms with Crippen molar-refractivity contribution in [3.63, 3.8) is 0 Å². The highest BCUT2D eigenvalue weighted by Gasteiger charge is 2.22. The number of nitro benzene ring substituents is 1. The van der Waals surface area contributed by atoms with Gasteiger partial charge in [0.25, 0.3) is 11.6 Å². The Labute approximate surface area is 173 Å². The average molecular weight is 420 g/mol. The van der Waals surface area contributed by atoms with Crippen molar-refractivity contribution in [3.05, 3.63) is 57.2 Å². The van der Waals surface area contributed by atoms with E-state index in [1.165, 1.54) is 13.2 Å². The number of nitro groups is 1. The van der Waals surface area contributed by atoms with E-state index in [2.05, 4.69) is 20.1 Å². The fraction of sp³-hybridized carbons (Fsp3) is 0.368. The summed E-state index contributed by atoms with van der Waals surface area (Å²) in [6.07, 6.45) is 1.79. The van der Waals surface area contributed by atoms with Crippen LogP contribution in [0, 0.1) is 10.1 Å². The molecule has 1 aliphatic heterocycles. The second kappa shape index (κ2) is 9.53. The van der Waals surface area contributed by atoms with E-state index >= 15 is 0 Å². The lowest BCUT2D eigenvalue weighted by molar-refractivity contribution is -0.384. The number of amides is 1. The van der Waals surface area contributed by atoms with Crippen LogP contribution in [0.15, 0.2) is 36.5 Å². The van der Waals surface area contributed by atoms with Crippen LogP contribution in [0.5, 0.6) is 5.75 Å². The number of rotatable bonds is 7. The molecule has 1 amide bonds. The van der Waals surface area contributed by atoms with Gasteiger partial charge in [0, 0.05) is 45.5 Å². The van der Waals surface area contributed by atoms with E-state index in [1.807, 2.05) is 18.2 Å². The van der Waals surface area contributed by atoms with Crippen molar-refractivity contribution in [2.45, 2.75) is 0 Å². The van der Waals surface area contributed by atoms with Crippen molar-refractivity contribution >= 4 is 29.0 Å². The molecule has 9 nitrogen and oxygen atoms in total. The molecule has 0 unspecified atom stereocenters. The molecule has 0 radical (unpaired) electrons. The van der Waals surface area contributed by atoms with Crippen LogP contribution in [-0.4, -0.2) is 67.1 Å². The average Bonchev–Trinajstić information content (AvgIpc) is 2.74. The monoisotopic (exact) mass is 419 g/mol. The van der Waals surface area contributed by atoms with Gasteiger partial charge in [-0.05, 0) is 18.2 Å². The lowest BCUT2D eigenvalue weighted by Crippen LogP contribution is -2.48. The first-order valence-corrected chi connectivity index (χ1v) is 9.56. The third-order valence-corrected chi connectivity index (χ3v) is 5.07. The molecule has 0 spiro atoms. The van der Waals surface area contributed by atoms with E-state index < -0.39 is 4.92 Å². The SMILES string of the molecule is COc1cc([N+](=O)[O-])c(Cl)cc1C(=O)NCCN1CCN(c2ccccn2)CC1. The number of carbonyl (C=O) groups excluding carboxylic acids is 1. The summed E-state index contributed by atoms with van der Waals surface area (Å²) >= 11 is 5.92. The van der Waals surface area contributed by atoms with Crippen LogP contribution in [-0.2, 0) is 0 Å². The summed E-state index contributed by atoms with van der Waals surface area (Å²) in [5.74, 6) is 0.705. The highest BCUT2D eigenvalue weighted by atomic mass is 35.5. The quantitative estimate of drug-likeness (QED) is 0.542. The Balaban J connectivity index is 1.50. The third kappa shape index (κ3) is 5.12. The molecule has 1 fully saturated rings. The molecule has 2 heterocycles. The minimum Gasteiger partial charge on any atom is -0.496 e. The number of hydrogen-bond acceptors (Lipinski definition) is 7. The Kier molecular flexibility index (Phi) is 6.84. The lowest BCUT2D eigenvalue weighted by atomic mass is 10.1. The van der Waals surface area contributed by atoms with Gasteiger partial charge in [0.2, 0.25) is 0 Å². The van der Waals surface area contributed by atoms with Crippen LogP contribution in [0.25, 0.3) is 0 Å². The van der Waals surface area contributed by atoms with E-state index in [0.29, 0.717) is 13.1 Å². The Morgan fingerprint density at radius 3 is 2.69 bits per heavy atom. The van der Waals surface area contributed by atoms with Crippen LogP contribution in [0.3, 0.4) is 0 Å². The normalized spacial score (nSPS) is 14.5. The molecule has 0 bridgehead atoms. The number of nitrogens with zero attached hydrogens (tertiary/aromatic N) is 4. The fourth-order valence-electron chi connectivity index (χ4n) is 3.19. The fourth-order valence-corrected chi connectivity index (χ4v) is 3.43. The molecule has 1 aromatic carbocycles. The van der Waals surface area contributed by atoms with Crippen molar-refractivity contribution in [1.29, 1.82) is 0 Å². The third-order valence-electron chi connectivity index (χ3n) is 4.77. The van der Waals surface area contributed by atoms with Gasteiger partial charge in [-0.2, -0.15) is 0 Å². The Bertz CT molecular complexity index is 872. The van der Waals surface area contributed by atoms with E-state index in [1.54, 1.807) is 6.20 Å². The first-order valence-electron chi connectivity index (χ1n) is 9.18. The van der Waals surface area contributed by atoms with Crippen molar-refractivity contribution in [3.8, 4) is 5.75 Å². The summed E-state index contributed by atoms with van der Waals surface area (Å²) in [6, 6.07) is 8.30. The number of halogens is 1. The number of aromatic nitrogens is 1. The second-order valence-electron chi connectivity index (χ2n) is 6.53. The molecular formula is C19H22ClN5O4. The molecule has 0 saturated carbocycles. The molecule has 1 aromatic heterocycles. The summed E-state index contributed by atoms with van der Waals surface area (Å²) in [5, 5.41) is 13.7. The van der Waals surface area contributed by atoms with Crippen molar-refractivity contribution in [1.82, 2.24) is 15.2 Å². The molecule has 10 heteroatoms. The summed E-state index contributed by atoms with van der Waals surface area (Å²) < 4.78 is 5.12. The number of benzene rings is 1. The van der Waals surface area contributed by atoms with Crippen LogP contribution < -0.4 is 15.0 Å². The van der Waals surface area contributed by atoms with Gasteiger partial charge in [-0.3, -0.25) is 19.8 Å². The molecule has 1 saturated heterocycles. The number of pyridine rings is 1. The molecule has 1 N–H and O–H groups in total. The van der Waals surface area contributed by atoms with Crippen molar-refractivity contribution in [2.24, 2.45) is 0 Å². The zero-order valence-electron chi connectivity index (χ0n) is 16.0. The number of piperazine rings is 1. The Morgan fingerprint density at radius 1 is 1.31 bits per heavy atom. The first kappa shape index (κ1) is 20.8. The molecule has 1 aliphatic rings. The number of nitrogens with one attached hydrogen (secondary N) is 1. The van der Waals surface area contributed by atoms with Gasteiger partial charge in [0.1, 0.15) is 16.6 Å². The maximum atomic E-state index is 12.5. The van der Waals surface area contributed by atoms with E-state index in [-0.39, 0.29) is 27.9 Å². The zero-order chi connectivity index (χ0) is 20.8. The van der Waals surface area contributed by atoms with E-state index in [9.17, 15) is 14.9 Å². The van der Waals surface area contributed by atoms with Crippen molar-refractivity contribution < 1.29 is 14.5 Å². The Hall–Kier alpha value is -2.91. The second-order valence-corrected chi connectivity index (χ2v) is 6.94. The summed E-state index contributed by atoms with van der Waals surface area (Å²) in [4.78, 5) is 31.7. The number of hydrogen-bond donors (Lipinski definition) is 1. The smallest absolute Gasteiger partial charge is 0.291 e. The van der Waals surface area contributed by atoms with Crippen LogP contribution in [0.1, 0.15) is 10.4 Å². The maximum absolute atomic E-state index is 12.5. The minimum absolute atomic E-state index is 0.105. The summed E-state index contributed by atoms with van der Waals surface area (Å²) in [6.45, 7) is 4.64. The molecule has 0 atom stereocenters.